The Labute approximate surface area is 187 Å². The van der Waals surface area contributed by atoms with Crippen LogP contribution in [0.1, 0.15) is 47.8 Å². The van der Waals surface area contributed by atoms with Gasteiger partial charge in [0.25, 0.3) is 5.91 Å². The van der Waals surface area contributed by atoms with Crippen molar-refractivity contribution in [3.05, 3.63) is 47.7 Å². The zero-order valence-corrected chi connectivity index (χ0v) is 18.7. The van der Waals surface area contributed by atoms with E-state index in [2.05, 4.69) is 33.5 Å². The Morgan fingerprint density at radius 2 is 2.00 bits per heavy atom. The number of likely N-dealkylation sites (tertiary alicyclic amines) is 2. The zero-order valence-electron chi connectivity index (χ0n) is 18.7. The Morgan fingerprint density at radius 1 is 1.16 bits per heavy atom. The Kier molecular flexibility index (Phi) is 5.70. The summed E-state index contributed by atoms with van der Waals surface area (Å²) in [5.74, 6) is 1.57. The van der Waals surface area contributed by atoms with Crippen molar-refractivity contribution < 1.29 is 9.53 Å². The molecule has 0 unspecified atom stereocenters. The first kappa shape index (κ1) is 20.8. The molecule has 2 aliphatic rings. The maximum absolute atomic E-state index is 13.2. The van der Waals surface area contributed by atoms with E-state index >= 15 is 0 Å². The smallest absolute Gasteiger partial charge is 0.254 e. The van der Waals surface area contributed by atoms with Gasteiger partial charge < -0.3 is 19.9 Å². The number of rotatable bonds is 5. The van der Waals surface area contributed by atoms with Gasteiger partial charge in [0.15, 0.2) is 11.5 Å². The third-order valence-electron chi connectivity index (χ3n) is 6.68. The number of H-pyrrole nitrogens is 1. The van der Waals surface area contributed by atoms with E-state index in [1.165, 1.54) is 0 Å². The topological polar surface area (TPSA) is 86.4 Å². The number of carbonyl (C=O) groups excluding carboxylic acids is 1. The fraction of sp³-hybridized carbons (Fsp3) is 0.458. The molecule has 2 N–H and O–H groups in total. The normalized spacial score (nSPS) is 20.1. The van der Waals surface area contributed by atoms with E-state index in [4.69, 9.17) is 9.72 Å². The molecule has 1 amide bonds. The molecular formula is C24H30N6O2. The van der Waals surface area contributed by atoms with Crippen LogP contribution in [0.4, 0.5) is 5.82 Å². The largest absolute Gasteiger partial charge is 0.497 e. The monoisotopic (exact) mass is 434 g/mol. The predicted octanol–water partition coefficient (Wildman–Crippen LogP) is 3.45. The van der Waals surface area contributed by atoms with E-state index in [-0.39, 0.29) is 11.9 Å². The highest BCUT2D eigenvalue weighted by atomic mass is 16.5. The third-order valence-corrected chi connectivity index (χ3v) is 6.68. The molecule has 0 bridgehead atoms. The molecule has 0 spiro atoms. The predicted molar refractivity (Wildman–Crippen MR) is 124 cm³/mol. The third kappa shape index (κ3) is 4.02. The Bertz CT molecular complexity index is 1100. The van der Waals surface area contributed by atoms with Crippen LogP contribution < -0.4 is 10.1 Å². The molecule has 8 nitrogen and oxygen atoms in total. The molecule has 32 heavy (non-hydrogen) atoms. The number of benzene rings is 1. The standard InChI is InChI=1S/C24H30N6O2/c1-29-13-10-17(11-14-29)25-22-19-8-9-20(26-23(19)28-27-22)21-7-4-12-30(21)24(31)16-5-3-6-18(15-16)32-2/h3,5-6,8-9,15,17,21H,4,7,10-14H2,1-2H3,(H2,25,26,27,28)/t21-/m1/s1. The Balaban J connectivity index is 1.35. The molecule has 1 atom stereocenters. The molecular weight excluding hydrogens is 404 g/mol. The highest BCUT2D eigenvalue weighted by Gasteiger charge is 2.32. The van der Waals surface area contributed by atoms with Crippen LogP contribution in [0.5, 0.6) is 5.75 Å². The van der Waals surface area contributed by atoms with Crippen molar-refractivity contribution in [3.8, 4) is 5.75 Å². The van der Waals surface area contributed by atoms with Gasteiger partial charge in [-0.05, 0) is 76.2 Å². The van der Waals surface area contributed by atoms with Crippen molar-refractivity contribution in [1.29, 1.82) is 0 Å². The summed E-state index contributed by atoms with van der Waals surface area (Å²) in [6.07, 6.45) is 4.09. The van der Waals surface area contributed by atoms with Crippen molar-refractivity contribution in [2.75, 3.05) is 39.1 Å². The molecule has 2 saturated heterocycles. The van der Waals surface area contributed by atoms with Gasteiger partial charge in [0.05, 0.1) is 24.2 Å². The number of aromatic amines is 1. The zero-order chi connectivity index (χ0) is 22.1. The van der Waals surface area contributed by atoms with Gasteiger partial charge in [-0.2, -0.15) is 5.10 Å². The second-order valence-electron chi connectivity index (χ2n) is 8.81. The number of nitrogens with one attached hydrogen (secondary N) is 2. The average molecular weight is 435 g/mol. The maximum Gasteiger partial charge on any atom is 0.254 e. The van der Waals surface area contributed by atoms with E-state index in [1.54, 1.807) is 13.2 Å². The molecule has 2 aliphatic heterocycles. The molecule has 2 aromatic heterocycles. The molecule has 2 fully saturated rings. The minimum atomic E-state index is -0.0355. The van der Waals surface area contributed by atoms with Gasteiger partial charge >= 0.3 is 0 Å². The van der Waals surface area contributed by atoms with Crippen LogP contribution in [0.25, 0.3) is 11.0 Å². The number of amides is 1. The van der Waals surface area contributed by atoms with E-state index in [9.17, 15) is 4.79 Å². The number of pyridine rings is 1. The van der Waals surface area contributed by atoms with Crippen molar-refractivity contribution in [3.63, 3.8) is 0 Å². The average Bonchev–Trinajstić information content (AvgIpc) is 3.47. The number of ether oxygens (including phenoxy) is 1. The Morgan fingerprint density at radius 3 is 2.81 bits per heavy atom. The summed E-state index contributed by atoms with van der Waals surface area (Å²) in [4.78, 5) is 22.4. The molecule has 0 saturated carbocycles. The fourth-order valence-electron chi connectivity index (χ4n) is 4.80. The lowest BCUT2D eigenvalue weighted by molar-refractivity contribution is 0.0732. The molecule has 3 aromatic rings. The summed E-state index contributed by atoms with van der Waals surface area (Å²) in [7, 11) is 3.78. The molecule has 1 aromatic carbocycles. The van der Waals surface area contributed by atoms with Crippen LogP contribution in [0.15, 0.2) is 36.4 Å². The number of aromatic nitrogens is 3. The lowest BCUT2D eigenvalue weighted by Gasteiger charge is -2.29. The van der Waals surface area contributed by atoms with Gasteiger partial charge in [0, 0.05) is 18.2 Å². The summed E-state index contributed by atoms with van der Waals surface area (Å²) in [6.45, 7) is 2.93. The number of methoxy groups -OCH3 is 1. The van der Waals surface area contributed by atoms with Gasteiger partial charge in [-0.25, -0.2) is 4.98 Å². The molecule has 8 heteroatoms. The van der Waals surface area contributed by atoms with E-state index in [1.807, 2.05) is 29.2 Å². The first-order valence-electron chi connectivity index (χ1n) is 11.4. The Hall–Kier alpha value is -3.13. The molecule has 168 valence electrons. The van der Waals surface area contributed by atoms with Gasteiger partial charge in [0.2, 0.25) is 0 Å². The minimum Gasteiger partial charge on any atom is -0.497 e. The molecule has 0 radical (unpaired) electrons. The van der Waals surface area contributed by atoms with Gasteiger partial charge in [-0.1, -0.05) is 6.07 Å². The number of hydrogen-bond acceptors (Lipinski definition) is 6. The van der Waals surface area contributed by atoms with Gasteiger partial charge in [-0.3, -0.25) is 9.89 Å². The maximum atomic E-state index is 13.2. The van der Waals surface area contributed by atoms with Crippen LogP contribution >= 0.6 is 0 Å². The van der Waals surface area contributed by atoms with Crippen molar-refractivity contribution in [1.82, 2.24) is 25.0 Å². The number of hydrogen-bond donors (Lipinski definition) is 2. The molecule has 0 aliphatic carbocycles. The van der Waals surface area contributed by atoms with Gasteiger partial charge in [-0.15, -0.1) is 0 Å². The lowest BCUT2D eigenvalue weighted by Crippen LogP contribution is -2.36. The van der Waals surface area contributed by atoms with Crippen LogP contribution in [0.2, 0.25) is 0 Å². The number of nitrogens with zero attached hydrogens (tertiary/aromatic N) is 4. The highest BCUT2D eigenvalue weighted by Crippen LogP contribution is 2.34. The second-order valence-corrected chi connectivity index (χ2v) is 8.81. The molecule has 5 rings (SSSR count). The van der Waals surface area contributed by atoms with Crippen LogP contribution in [-0.4, -0.2) is 70.7 Å². The summed E-state index contributed by atoms with van der Waals surface area (Å²) in [6, 6.07) is 11.9. The van der Waals surface area contributed by atoms with Crippen LogP contribution in [-0.2, 0) is 0 Å². The minimum absolute atomic E-state index is 0.0162. The van der Waals surface area contributed by atoms with Crippen molar-refractivity contribution >= 4 is 22.8 Å². The van der Waals surface area contributed by atoms with E-state index in [0.29, 0.717) is 17.4 Å². The second kappa shape index (κ2) is 8.78. The van der Waals surface area contributed by atoms with Crippen LogP contribution in [0.3, 0.4) is 0 Å². The molecule has 4 heterocycles. The number of anilines is 1. The van der Waals surface area contributed by atoms with Gasteiger partial charge in [0.1, 0.15) is 5.75 Å². The van der Waals surface area contributed by atoms with E-state index in [0.717, 1.165) is 67.9 Å². The fourth-order valence-corrected chi connectivity index (χ4v) is 4.80. The summed E-state index contributed by atoms with van der Waals surface area (Å²) >= 11 is 0. The van der Waals surface area contributed by atoms with E-state index < -0.39 is 0 Å². The SMILES string of the molecule is COc1cccc(C(=O)N2CCC[C@@H]2c2ccc3c(NC4CCN(C)CC4)n[nH]c3n2)c1. The quantitative estimate of drug-likeness (QED) is 0.640. The number of fused-ring (bicyclic) bond motifs is 1. The van der Waals surface area contributed by atoms with Crippen LogP contribution in [0, 0.1) is 0 Å². The summed E-state index contributed by atoms with van der Waals surface area (Å²) in [5.41, 5.74) is 2.31. The number of carbonyl (C=O) groups is 1. The first-order valence-corrected chi connectivity index (χ1v) is 11.4. The number of piperidine rings is 1. The van der Waals surface area contributed by atoms with Crippen molar-refractivity contribution in [2.45, 2.75) is 37.8 Å². The first-order chi connectivity index (χ1) is 15.6. The highest BCUT2D eigenvalue weighted by molar-refractivity contribution is 5.95. The lowest BCUT2D eigenvalue weighted by atomic mass is 10.1. The summed E-state index contributed by atoms with van der Waals surface area (Å²) in [5, 5.41) is 12.2. The summed E-state index contributed by atoms with van der Waals surface area (Å²) < 4.78 is 5.29. The van der Waals surface area contributed by atoms with Crippen molar-refractivity contribution in [2.24, 2.45) is 0 Å².